The van der Waals surface area contributed by atoms with Crippen molar-refractivity contribution in [1.82, 2.24) is 5.32 Å². The highest BCUT2D eigenvalue weighted by Crippen LogP contribution is 2.17. The van der Waals surface area contributed by atoms with Crippen LogP contribution >= 0.6 is 11.6 Å². The van der Waals surface area contributed by atoms with E-state index in [1.807, 2.05) is 20.8 Å². The molecule has 110 valence electrons. The number of aliphatic carboxylic acids is 1. The van der Waals surface area contributed by atoms with Crippen LogP contribution in [-0.2, 0) is 4.79 Å². The molecule has 0 aliphatic heterocycles. The smallest absolute Gasteiger partial charge is 0.308 e. The molecule has 20 heavy (non-hydrogen) atoms. The van der Waals surface area contributed by atoms with Gasteiger partial charge in [-0.3, -0.25) is 9.59 Å². The molecule has 1 aromatic carbocycles. The molecule has 0 saturated heterocycles. The number of amides is 1. The lowest BCUT2D eigenvalue weighted by Crippen LogP contribution is -2.33. The molecule has 0 heterocycles. The molecule has 1 amide bonds. The largest absolute Gasteiger partial charge is 0.481 e. The van der Waals surface area contributed by atoms with Crippen molar-refractivity contribution in [2.24, 2.45) is 11.8 Å². The van der Waals surface area contributed by atoms with Crippen molar-refractivity contribution in [1.29, 1.82) is 0 Å². The van der Waals surface area contributed by atoms with E-state index in [1.165, 1.54) is 0 Å². The minimum absolute atomic E-state index is 0.123. The molecular formula is C15H20ClNO3. The zero-order valence-electron chi connectivity index (χ0n) is 11.9. The Morgan fingerprint density at radius 1 is 1.35 bits per heavy atom. The molecule has 0 spiro atoms. The zero-order valence-corrected chi connectivity index (χ0v) is 12.7. The van der Waals surface area contributed by atoms with Crippen LogP contribution in [0.3, 0.4) is 0 Å². The van der Waals surface area contributed by atoms with Crippen LogP contribution in [-0.4, -0.2) is 23.5 Å². The van der Waals surface area contributed by atoms with Crippen LogP contribution in [0.1, 0.15) is 36.2 Å². The van der Waals surface area contributed by atoms with Gasteiger partial charge in [0.1, 0.15) is 0 Å². The number of hydrogen-bond acceptors (Lipinski definition) is 2. The van der Waals surface area contributed by atoms with Gasteiger partial charge in [0.25, 0.3) is 5.91 Å². The number of benzene rings is 1. The van der Waals surface area contributed by atoms with E-state index in [4.69, 9.17) is 16.7 Å². The summed E-state index contributed by atoms with van der Waals surface area (Å²) in [4.78, 5) is 23.1. The molecule has 1 rings (SSSR count). The number of carboxylic acid groups (broad SMARTS) is 1. The third kappa shape index (κ3) is 4.85. The molecule has 1 atom stereocenters. The predicted octanol–water partition coefficient (Wildman–Crippen LogP) is 3.13. The number of carbonyl (C=O) groups is 2. The molecule has 2 N–H and O–H groups in total. The Morgan fingerprint density at radius 2 is 2.00 bits per heavy atom. The topological polar surface area (TPSA) is 66.4 Å². The molecule has 0 aliphatic carbocycles. The van der Waals surface area contributed by atoms with E-state index in [0.29, 0.717) is 17.0 Å². The molecule has 1 unspecified atom stereocenters. The Hall–Kier alpha value is -1.55. The van der Waals surface area contributed by atoms with Gasteiger partial charge >= 0.3 is 5.97 Å². The van der Waals surface area contributed by atoms with Crippen LogP contribution in [0, 0.1) is 18.8 Å². The van der Waals surface area contributed by atoms with E-state index >= 15 is 0 Å². The number of rotatable bonds is 6. The molecule has 0 aliphatic rings. The van der Waals surface area contributed by atoms with E-state index in [2.05, 4.69) is 5.32 Å². The SMILES string of the molecule is Cc1ccc(C(=O)NCC(CC(C)C)C(=O)O)cc1Cl. The lowest BCUT2D eigenvalue weighted by molar-refractivity contribution is -0.142. The highest BCUT2D eigenvalue weighted by atomic mass is 35.5. The fraction of sp³-hybridized carbons (Fsp3) is 0.467. The van der Waals surface area contributed by atoms with Crippen LogP contribution in [0.4, 0.5) is 0 Å². The van der Waals surface area contributed by atoms with E-state index in [9.17, 15) is 9.59 Å². The van der Waals surface area contributed by atoms with E-state index in [-0.39, 0.29) is 18.4 Å². The molecule has 4 nitrogen and oxygen atoms in total. The van der Waals surface area contributed by atoms with Crippen LogP contribution < -0.4 is 5.32 Å². The molecule has 0 bridgehead atoms. The van der Waals surface area contributed by atoms with Crippen molar-refractivity contribution in [3.63, 3.8) is 0 Å². The number of carbonyl (C=O) groups excluding carboxylic acids is 1. The predicted molar refractivity (Wildman–Crippen MR) is 79.1 cm³/mol. The Morgan fingerprint density at radius 3 is 2.50 bits per heavy atom. The first-order valence-corrected chi connectivity index (χ1v) is 6.96. The number of nitrogens with one attached hydrogen (secondary N) is 1. The highest BCUT2D eigenvalue weighted by molar-refractivity contribution is 6.31. The Kier molecular flexibility index (Phi) is 6.02. The highest BCUT2D eigenvalue weighted by Gasteiger charge is 2.20. The van der Waals surface area contributed by atoms with Gasteiger partial charge in [-0.1, -0.05) is 31.5 Å². The Bertz CT molecular complexity index is 500. The van der Waals surface area contributed by atoms with Gasteiger partial charge in [0.2, 0.25) is 0 Å². The quantitative estimate of drug-likeness (QED) is 0.848. The summed E-state index contributed by atoms with van der Waals surface area (Å²) in [6, 6.07) is 5.03. The monoisotopic (exact) mass is 297 g/mol. The maximum atomic E-state index is 12.0. The van der Waals surface area contributed by atoms with Crippen LogP contribution in [0.2, 0.25) is 5.02 Å². The van der Waals surface area contributed by atoms with E-state index in [0.717, 1.165) is 5.56 Å². The summed E-state index contributed by atoms with van der Waals surface area (Å²) in [7, 11) is 0. The lowest BCUT2D eigenvalue weighted by atomic mass is 9.97. The van der Waals surface area contributed by atoms with Crippen molar-refractivity contribution in [2.75, 3.05) is 6.54 Å². The summed E-state index contributed by atoms with van der Waals surface area (Å²) in [6.45, 7) is 5.89. The molecule has 0 radical (unpaired) electrons. The molecule has 0 aromatic heterocycles. The van der Waals surface area contributed by atoms with Crippen molar-refractivity contribution in [3.8, 4) is 0 Å². The second kappa shape index (κ2) is 7.29. The van der Waals surface area contributed by atoms with Crippen molar-refractivity contribution < 1.29 is 14.7 Å². The molecule has 0 fully saturated rings. The molecule has 0 saturated carbocycles. The summed E-state index contributed by atoms with van der Waals surface area (Å²) in [5.41, 5.74) is 1.33. The minimum Gasteiger partial charge on any atom is -0.481 e. The van der Waals surface area contributed by atoms with Gasteiger partial charge in [-0.05, 0) is 37.0 Å². The average molecular weight is 298 g/mol. The fourth-order valence-electron chi connectivity index (χ4n) is 1.89. The van der Waals surface area contributed by atoms with Gasteiger partial charge in [-0.25, -0.2) is 0 Å². The minimum atomic E-state index is -0.888. The van der Waals surface area contributed by atoms with Crippen molar-refractivity contribution in [2.45, 2.75) is 27.2 Å². The number of aryl methyl sites for hydroxylation is 1. The van der Waals surface area contributed by atoms with Gasteiger partial charge in [0, 0.05) is 17.1 Å². The van der Waals surface area contributed by atoms with Crippen LogP contribution in [0.5, 0.6) is 0 Å². The van der Waals surface area contributed by atoms with Crippen LogP contribution in [0.25, 0.3) is 0 Å². The molecule has 5 heteroatoms. The number of hydrogen-bond donors (Lipinski definition) is 2. The molecular weight excluding hydrogens is 278 g/mol. The maximum absolute atomic E-state index is 12.0. The average Bonchev–Trinajstić information content (AvgIpc) is 2.36. The summed E-state index contributed by atoms with van der Waals surface area (Å²) < 4.78 is 0. The third-order valence-corrected chi connectivity index (χ3v) is 3.46. The first-order valence-electron chi connectivity index (χ1n) is 6.58. The summed E-state index contributed by atoms with van der Waals surface area (Å²) in [5, 5.41) is 12.3. The van der Waals surface area contributed by atoms with Gasteiger partial charge in [0.05, 0.1) is 5.92 Å². The molecule has 1 aromatic rings. The van der Waals surface area contributed by atoms with Gasteiger partial charge < -0.3 is 10.4 Å². The van der Waals surface area contributed by atoms with Crippen molar-refractivity contribution >= 4 is 23.5 Å². The normalized spacial score (nSPS) is 12.2. The third-order valence-electron chi connectivity index (χ3n) is 3.05. The van der Waals surface area contributed by atoms with E-state index in [1.54, 1.807) is 18.2 Å². The summed E-state index contributed by atoms with van der Waals surface area (Å²) in [6.07, 6.45) is 0.532. The van der Waals surface area contributed by atoms with Gasteiger partial charge in [-0.2, -0.15) is 0 Å². The number of carboxylic acids is 1. The van der Waals surface area contributed by atoms with Gasteiger partial charge in [0.15, 0.2) is 0 Å². The van der Waals surface area contributed by atoms with Crippen molar-refractivity contribution in [3.05, 3.63) is 34.3 Å². The van der Waals surface area contributed by atoms with Crippen LogP contribution in [0.15, 0.2) is 18.2 Å². The Balaban J connectivity index is 2.65. The first kappa shape index (κ1) is 16.5. The summed E-state index contributed by atoms with van der Waals surface area (Å²) >= 11 is 5.97. The maximum Gasteiger partial charge on any atom is 0.308 e. The second-order valence-electron chi connectivity index (χ2n) is 5.34. The van der Waals surface area contributed by atoms with E-state index < -0.39 is 11.9 Å². The number of halogens is 1. The first-order chi connectivity index (χ1) is 9.31. The fourth-order valence-corrected chi connectivity index (χ4v) is 2.07. The zero-order chi connectivity index (χ0) is 15.3. The lowest BCUT2D eigenvalue weighted by Gasteiger charge is -2.15. The van der Waals surface area contributed by atoms with Gasteiger partial charge in [-0.15, -0.1) is 0 Å². The second-order valence-corrected chi connectivity index (χ2v) is 5.75. The summed E-state index contributed by atoms with van der Waals surface area (Å²) in [5.74, 6) is -1.50. The Labute approximate surface area is 124 Å². The standard InChI is InChI=1S/C15H20ClNO3/c1-9(2)6-12(15(19)20)8-17-14(18)11-5-4-10(3)13(16)7-11/h4-5,7,9,12H,6,8H2,1-3H3,(H,17,18)(H,19,20).